The number of allylic oxidation sites excluding steroid dienone is 1. The first-order chi connectivity index (χ1) is 38.2. The lowest BCUT2D eigenvalue weighted by Gasteiger charge is -2.50. The first kappa shape index (κ1) is 71.6. The molecule has 0 radical (unpaired) electrons. The van der Waals surface area contributed by atoms with Gasteiger partial charge in [-0.3, -0.25) is 14.4 Å². The highest BCUT2D eigenvalue weighted by Gasteiger charge is 2.52. The van der Waals surface area contributed by atoms with E-state index >= 15 is 14.4 Å². The van der Waals surface area contributed by atoms with E-state index in [1.165, 1.54) is 11.8 Å². The predicted octanol–water partition coefficient (Wildman–Crippen LogP) is 16.7. The lowest BCUT2D eigenvalue weighted by molar-refractivity contribution is -0.169. The van der Waals surface area contributed by atoms with Gasteiger partial charge >= 0.3 is 17.9 Å². The van der Waals surface area contributed by atoms with Crippen molar-refractivity contribution < 1.29 is 42.9 Å². The number of aromatic nitrogens is 1. The molecule has 14 heteroatoms. The second-order valence-electron chi connectivity index (χ2n) is 30.5. The van der Waals surface area contributed by atoms with Crippen molar-refractivity contribution in [1.82, 2.24) is 10.3 Å². The number of aromatic amines is 1. The lowest BCUT2D eigenvalue weighted by atomic mass is 9.59. The van der Waals surface area contributed by atoms with Crippen molar-refractivity contribution in [1.29, 1.82) is 0 Å². The summed E-state index contributed by atoms with van der Waals surface area (Å²) < 4.78 is 24.8. The van der Waals surface area contributed by atoms with Crippen LogP contribution in [0.3, 0.4) is 0 Å². The number of nitrogens with one attached hydrogen (secondary N) is 3. The number of ether oxygens (including phenoxy) is 4. The van der Waals surface area contributed by atoms with E-state index in [1.54, 1.807) is 7.11 Å². The van der Waals surface area contributed by atoms with E-state index in [2.05, 4.69) is 106 Å². The molecule has 0 spiro atoms. The van der Waals surface area contributed by atoms with Crippen LogP contribution in [0.1, 0.15) is 265 Å². The Bertz CT molecular complexity index is 2470. The zero-order chi connectivity index (χ0) is 63.3. The Hall–Kier alpha value is -3.91. The summed E-state index contributed by atoms with van der Waals surface area (Å²) in [7, 11) is 1.76. The molecule has 4 unspecified atom stereocenters. The van der Waals surface area contributed by atoms with Gasteiger partial charge in [0.2, 0.25) is 11.8 Å². The monoisotopic (exact) mass is 1180 g/mol. The molecule has 2 heterocycles. The number of carbonyl (C=O) groups is 5. The molecule has 3 aliphatic rings. The number of nitrogens with zero attached hydrogens (tertiary/aromatic N) is 1. The average molecular weight is 1180 g/mol. The maximum Gasteiger partial charge on any atom is 0.342 e. The van der Waals surface area contributed by atoms with Crippen molar-refractivity contribution in [3.63, 3.8) is 0 Å². The fourth-order valence-corrected chi connectivity index (χ4v) is 14.6. The minimum absolute atomic E-state index is 0.000609. The summed E-state index contributed by atoms with van der Waals surface area (Å²) in [6, 6.07) is 0. The molecule has 0 bridgehead atoms. The van der Waals surface area contributed by atoms with Gasteiger partial charge in [-0.05, 0) is 135 Å². The summed E-state index contributed by atoms with van der Waals surface area (Å²) in [6.07, 6.45) is 7.56. The van der Waals surface area contributed by atoms with E-state index in [4.69, 9.17) is 23.9 Å². The summed E-state index contributed by atoms with van der Waals surface area (Å²) >= 11 is 1.44. The van der Waals surface area contributed by atoms with Gasteiger partial charge in [-0.1, -0.05) is 159 Å². The Labute approximate surface area is 507 Å². The SMILES string of the molecule is CCC(C)(C)C(=O)OCCSC(CC)(CC)C(=O)Nc1[nH]c(C=C2N=C(NC(=O)C(CC)(CC)CC)C(C(=O)OC3C(C(C)(C)C)CC(OC)CC3C(C)(C)C)=C2C(C)C)c(C(C)C)c1C(=O)OC1C(C(C)(C)C)CC(C)CC1C(C)(C)C. The number of carbonyl (C=O) groups excluding carboxylic acids is 5. The highest BCUT2D eigenvalue weighted by atomic mass is 32.2. The molecular formula is C69H116N4O9S. The molecule has 13 nitrogen and oxygen atoms in total. The van der Waals surface area contributed by atoms with Gasteiger partial charge in [0, 0.05) is 47.6 Å². The van der Waals surface area contributed by atoms with Crippen LogP contribution in [-0.2, 0) is 38.1 Å². The smallest absolute Gasteiger partial charge is 0.342 e. The van der Waals surface area contributed by atoms with Gasteiger partial charge in [0.15, 0.2) is 0 Å². The van der Waals surface area contributed by atoms with Crippen LogP contribution >= 0.6 is 11.8 Å². The number of thioether (sulfide) groups is 1. The van der Waals surface area contributed by atoms with Crippen LogP contribution in [0.25, 0.3) is 6.08 Å². The number of anilines is 1. The molecule has 0 saturated heterocycles. The van der Waals surface area contributed by atoms with Gasteiger partial charge in [-0.15, -0.1) is 11.8 Å². The number of methoxy groups -OCH3 is 1. The van der Waals surface area contributed by atoms with E-state index in [0.717, 1.165) is 25.7 Å². The van der Waals surface area contributed by atoms with Gasteiger partial charge in [-0.2, -0.15) is 0 Å². The molecule has 472 valence electrons. The zero-order valence-electron chi connectivity index (χ0n) is 56.9. The van der Waals surface area contributed by atoms with Crippen molar-refractivity contribution in [2.45, 2.75) is 266 Å². The van der Waals surface area contributed by atoms with E-state index < -0.39 is 39.7 Å². The topological polar surface area (TPSA) is 174 Å². The number of rotatable bonds is 22. The summed E-state index contributed by atoms with van der Waals surface area (Å²) in [4.78, 5) is 83.1. The van der Waals surface area contributed by atoms with Gasteiger partial charge in [0.05, 0.1) is 22.0 Å². The number of H-pyrrole nitrogens is 1. The largest absolute Gasteiger partial charge is 0.464 e. The van der Waals surface area contributed by atoms with E-state index in [0.29, 0.717) is 72.7 Å². The van der Waals surface area contributed by atoms with Crippen LogP contribution in [-0.4, -0.2) is 83.1 Å². The minimum atomic E-state index is -0.957. The fourth-order valence-electron chi connectivity index (χ4n) is 13.4. The van der Waals surface area contributed by atoms with Gasteiger partial charge < -0.3 is 34.6 Å². The van der Waals surface area contributed by atoms with Crippen molar-refractivity contribution in [2.24, 2.45) is 73.0 Å². The molecule has 0 aromatic carbocycles. The van der Waals surface area contributed by atoms with Crippen LogP contribution in [0.4, 0.5) is 5.82 Å². The molecule has 2 saturated carbocycles. The normalized spacial score (nSPS) is 23.9. The Morgan fingerprint density at radius 2 is 1.11 bits per heavy atom. The Morgan fingerprint density at radius 1 is 0.639 bits per heavy atom. The fraction of sp³-hybridized carbons (Fsp3) is 0.797. The number of aliphatic imine (C=N–C) groups is 1. The highest BCUT2D eigenvalue weighted by molar-refractivity contribution is 8.01. The second kappa shape index (κ2) is 27.8. The first-order valence-corrected chi connectivity index (χ1v) is 32.9. The molecule has 4 atom stereocenters. The summed E-state index contributed by atoms with van der Waals surface area (Å²) in [5.74, 6) is -1.28. The highest BCUT2D eigenvalue weighted by Crippen LogP contribution is 2.52. The van der Waals surface area contributed by atoms with Crippen LogP contribution in [0.15, 0.2) is 21.8 Å². The van der Waals surface area contributed by atoms with Crippen molar-refractivity contribution in [2.75, 3.05) is 24.8 Å². The molecular weight excluding hydrogens is 1060 g/mol. The third kappa shape index (κ3) is 16.4. The minimum Gasteiger partial charge on any atom is -0.464 e. The molecule has 2 aliphatic carbocycles. The Morgan fingerprint density at radius 3 is 1.52 bits per heavy atom. The zero-order valence-corrected chi connectivity index (χ0v) is 57.7. The van der Waals surface area contributed by atoms with E-state index in [9.17, 15) is 9.59 Å². The van der Waals surface area contributed by atoms with Crippen LogP contribution in [0, 0.1) is 68.0 Å². The maximum atomic E-state index is 15.8. The van der Waals surface area contributed by atoms with E-state index in [1.807, 2.05) is 89.2 Å². The number of hydrogen-bond acceptors (Lipinski definition) is 11. The molecule has 1 aromatic rings. The van der Waals surface area contributed by atoms with Gasteiger partial charge in [-0.25, -0.2) is 14.6 Å². The second-order valence-corrected chi connectivity index (χ2v) is 32.0. The lowest BCUT2D eigenvalue weighted by Crippen LogP contribution is -2.52. The molecule has 3 N–H and O–H groups in total. The Balaban J connectivity index is 2.08. The third-order valence-corrected chi connectivity index (χ3v) is 21.5. The summed E-state index contributed by atoms with van der Waals surface area (Å²) in [5, 5.41) is 6.47. The molecule has 2 fully saturated rings. The first-order valence-electron chi connectivity index (χ1n) is 31.9. The summed E-state index contributed by atoms with van der Waals surface area (Å²) in [6.45, 7) is 52.8. The Kier molecular flexibility index (Phi) is 24.0. The summed E-state index contributed by atoms with van der Waals surface area (Å²) in [5.41, 5.74) is 0.406. The molecule has 1 aliphatic heterocycles. The maximum absolute atomic E-state index is 15.8. The van der Waals surface area contributed by atoms with Crippen molar-refractivity contribution >= 4 is 59.2 Å². The number of amidine groups is 1. The molecule has 83 heavy (non-hydrogen) atoms. The molecule has 1 aromatic heterocycles. The van der Waals surface area contributed by atoms with Gasteiger partial charge in [0.1, 0.15) is 41.6 Å². The third-order valence-electron chi connectivity index (χ3n) is 19.8. The predicted molar refractivity (Wildman–Crippen MR) is 342 cm³/mol. The number of esters is 3. The molecule has 4 rings (SSSR count). The number of amides is 2. The van der Waals surface area contributed by atoms with Crippen LogP contribution < -0.4 is 10.6 Å². The van der Waals surface area contributed by atoms with Crippen molar-refractivity contribution in [3.8, 4) is 0 Å². The standard InChI is InChI=1S/C69H116N4O9S/c1-27-67(24,25)62(78)80-33-34-83-69(31-5,32-6)61(77)73-57-53(59(75)81-54-44(63(12,13)14)35-42(11)36-45(54)64(15,16)17)51(41(9)10)49(71-57)39-48-50(40(7)8)52(56(70-48)72-60(76)68(28-2,29-3)30-4)58(74)82-55-46(65(18,19)20)37-43(79-26)38-47(55)66(21,22)23/h39-47,54-55,71H,27-38H2,1-26H3,(H,73,77)(H,70,72,76). The average Bonchev–Trinajstić information content (AvgIpc) is 3.83. The quantitative estimate of drug-likeness (QED) is 0.0576. The molecule has 2 amide bonds. The van der Waals surface area contributed by atoms with E-state index in [-0.39, 0.29) is 110 Å². The number of hydrogen-bond donors (Lipinski definition) is 3. The van der Waals surface area contributed by atoms with Crippen LogP contribution in [0.5, 0.6) is 0 Å². The van der Waals surface area contributed by atoms with Crippen molar-refractivity contribution in [3.05, 3.63) is 33.7 Å². The van der Waals surface area contributed by atoms with Crippen LogP contribution in [0.2, 0.25) is 0 Å². The van der Waals surface area contributed by atoms with Gasteiger partial charge in [0.25, 0.3) is 0 Å².